The van der Waals surface area contributed by atoms with Gasteiger partial charge in [-0.2, -0.15) is 4.57 Å². The lowest BCUT2D eigenvalue weighted by molar-refractivity contribution is -0.688. The van der Waals surface area contributed by atoms with Gasteiger partial charge in [-0.3, -0.25) is 14.5 Å². The molecule has 0 bridgehead atoms. The highest BCUT2D eigenvalue weighted by Crippen LogP contribution is 2.40. The number of nitrogens with two attached hydrogens (primary N) is 2. The van der Waals surface area contributed by atoms with Crippen molar-refractivity contribution in [3.8, 4) is 0 Å². The van der Waals surface area contributed by atoms with Crippen LogP contribution in [0.1, 0.15) is 5.69 Å². The van der Waals surface area contributed by atoms with E-state index in [4.69, 9.17) is 27.9 Å². The van der Waals surface area contributed by atoms with Crippen molar-refractivity contribution < 1.29 is 28.9 Å². The quantitative estimate of drug-likeness (QED) is 0.172. The molecule has 4 heterocycles. The number of aliphatic carboxylic acids is 1. The number of carboxylic acid groups (broad SMARTS) is 1. The van der Waals surface area contributed by atoms with Crippen molar-refractivity contribution in [1.29, 1.82) is 0 Å². The molecule has 2 aromatic heterocycles. The fraction of sp³-hybridized carbons (Fsp3) is 0.263. The number of nitrogen functional groups attached to an aromatic ring is 2. The van der Waals surface area contributed by atoms with Gasteiger partial charge >= 0.3 is 0 Å². The van der Waals surface area contributed by atoms with Gasteiger partial charge in [-0.1, -0.05) is 28.1 Å². The maximum atomic E-state index is 12.9. The van der Waals surface area contributed by atoms with Crippen molar-refractivity contribution in [2.75, 3.05) is 24.3 Å². The van der Waals surface area contributed by atoms with Crippen molar-refractivity contribution in [3.05, 3.63) is 45.8 Å². The van der Waals surface area contributed by atoms with E-state index < -0.39 is 29.2 Å². The number of amides is 2. The van der Waals surface area contributed by atoms with Gasteiger partial charge in [-0.05, 0) is 6.07 Å². The number of anilines is 2. The summed E-state index contributed by atoms with van der Waals surface area (Å²) in [5.74, 6) is -2.54. The molecule has 2 aliphatic rings. The first-order valence-corrected chi connectivity index (χ1v) is 11.9. The normalized spacial score (nSPS) is 20.0. The first kappa shape index (κ1) is 23.8. The summed E-state index contributed by atoms with van der Waals surface area (Å²) < 4.78 is 1.84. The molecule has 15 heteroatoms. The Morgan fingerprint density at radius 3 is 2.85 bits per heavy atom. The first-order valence-electron chi connectivity index (χ1n) is 9.68. The number of oxime groups is 1. The summed E-state index contributed by atoms with van der Waals surface area (Å²) in [6.45, 7) is 0.212. The van der Waals surface area contributed by atoms with Crippen LogP contribution in [0.3, 0.4) is 0 Å². The third-order valence-electron chi connectivity index (χ3n) is 5.01. The van der Waals surface area contributed by atoms with Crippen LogP contribution < -0.4 is 26.5 Å². The summed E-state index contributed by atoms with van der Waals surface area (Å²) >= 11 is 8.35. The van der Waals surface area contributed by atoms with E-state index in [1.807, 2.05) is 0 Å². The molecule has 0 aliphatic carbocycles. The molecule has 0 spiro atoms. The Balaban J connectivity index is 1.55. The van der Waals surface area contributed by atoms with Gasteiger partial charge < -0.3 is 31.5 Å². The molecule has 0 radical (unpaired) electrons. The lowest BCUT2D eigenvalue weighted by atomic mass is 10.0. The van der Waals surface area contributed by atoms with E-state index in [0.717, 1.165) is 16.2 Å². The number of rotatable bonds is 7. The number of thioether (sulfide) groups is 1. The van der Waals surface area contributed by atoms with Crippen molar-refractivity contribution in [1.82, 2.24) is 15.2 Å². The Labute approximate surface area is 206 Å². The summed E-state index contributed by atoms with van der Waals surface area (Å²) in [7, 11) is 1.24. The molecule has 0 saturated carbocycles. The van der Waals surface area contributed by atoms with Gasteiger partial charge in [0.05, 0.1) is 17.4 Å². The summed E-state index contributed by atoms with van der Waals surface area (Å²) in [6.07, 6.45) is 3.39. The van der Waals surface area contributed by atoms with Crippen LogP contribution in [0.25, 0.3) is 0 Å². The highest BCUT2D eigenvalue weighted by Gasteiger charge is 2.53. The van der Waals surface area contributed by atoms with E-state index in [2.05, 4.69) is 15.5 Å². The van der Waals surface area contributed by atoms with Crippen LogP contribution in [-0.4, -0.2) is 57.7 Å². The van der Waals surface area contributed by atoms with Crippen LogP contribution in [0.2, 0.25) is 4.34 Å². The second-order valence-electron chi connectivity index (χ2n) is 7.21. The highest BCUT2D eigenvalue weighted by atomic mass is 35.5. The van der Waals surface area contributed by atoms with E-state index in [-0.39, 0.29) is 33.1 Å². The fourth-order valence-electron chi connectivity index (χ4n) is 3.61. The molecule has 2 aromatic rings. The SMILES string of the molecule is CO/N=C(/C(=O)NC1C(=O)N2C(C(=O)[O-])=C(C[n+]3cccc(N)c3)CS[C@H]12)c1nc(N)sc1Cl. The average molecular weight is 524 g/mol. The minimum atomic E-state index is -1.48. The first-order chi connectivity index (χ1) is 16.2. The molecular weight excluding hydrogens is 506 g/mol. The number of thiazole rings is 1. The topological polar surface area (TPSA) is 180 Å². The third kappa shape index (κ3) is 4.38. The second-order valence-corrected chi connectivity index (χ2v) is 9.94. The van der Waals surface area contributed by atoms with Crippen molar-refractivity contribution in [2.24, 2.45) is 5.16 Å². The number of hydrogen-bond acceptors (Lipinski definition) is 11. The molecule has 2 atom stereocenters. The molecular formula is C19H18ClN7O5S2. The monoisotopic (exact) mass is 523 g/mol. The number of hydrogen-bond donors (Lipinski definition) is 3. The molecule has 2 aliphatic heterocycles. The van der Waals surface area contributed by atoms with Crippen molar-refractivity contribution in [3.63, 3.8) is 0 Å². The zero-order chi connectivity index (χ0) is 24.6. The number of nitrogens with zero attached hydrogens (tertiary/aromatic N) is 4. The Morgan fingerprint density at radius 1 is 1.47 bits per heavy atom. The van der Waals surface area contributed by atoms with Crippen LogP contribution in [0.5, 0.6) is 0 Å². The standard InChI is InChI=1S/C19H18ClN7O5S2/c1-32-25-11(10-14(20)34-19(22)24-10)15(28)23-12-16(29)27-13(18(30)31)8(7-33-17(12)27)5-26-4-2-3-9(21)6-26/h2-4,6,12,17H,5,7,21H2,1H3,(H3-,22,23,24,28,30,31)/b25-11+/t12?,17-/m1/s1. The van der Waals surface area contributed by atoms with Crippen LogP contribution in [0.4, 0.5) is 10.8 Å². The highest BCUT2D eigenvalue weighted by molar-refractivity contribution is 8.00. The molecule has 1 fully saturated rings. The van der Waals surface area contributed by atoms with Gasteiger partial charge in [-0.25, -0.2) is 4.98 Å². The predicted octanol–water partition coefficient (Wildman–Crippen LogP) is -1.30. The molecule has 1 saturated heterocycles. The number of β-lactam (4-membered cyclic amide) rings is 1. The van der Waals surface area contributed by atoms with E-state index in [9.17, 15) is 19.5 Å². The van der Waals surface area contributed by atoms with E-state index >= 15 is 0 Å². The van der Waals surface area contributed by atoms with Crippen LogP contribution in [-0.2, 0) is 25.8 Å². The number of halogens is 1. The third-order valence-corrected chi connectivity index (χ3v) is 7.43. The number of nitrogens with one attached hydrogen (secondary N) is 1. The molecule has 2 amide bonds. The largest absolute Gasteiger partial charge is 0.543 e. The maximum Gasteiger partial charge on any atom is 0.276 e. The zero-order valence-corrected chi connectivity index (χ0v) is 19.9. The molecule has 12 nitrogen and oxygen atoms in total. The number of carbonyl (C=O) groups is 3. The number of aromatic nitrogens is 2. The number of fused-ring (bicyclic) bond motifs is 1. The van der Waals surface area contributed by atoms with Crippen LogP contribution >= 0.6 is 34.7 Å². The second kappa shape index (κ2) is 9.48. The zero-order valence-electron chi connectivity index (χ0n) is 17.6. The van der Waals surface area contributed by atoms with E-state index in [1.165, 1.54) is 18.9 Å². The maximum absolute atomic E-state index is 12.9. The van der Waals surface area contributed by atoms with E-state index in [1.54, 1.807) is 29.1 Å². The number of pyridine rings is 1. The lowest BCUT2D eigenvalue weighted by Gasteiger charge is -2.50. The van der Waals surface area contributed by atoms with Gasteiger partial charge in [-0.15, -0.1) is 11.8 Å². The molecule has 4 rings (SSSR count). The van der Waals surface area contributed by atoms with Gasteiger partial charge in [0.2, 0.25) is 0 Å². The smallest absolute Gasteiger partial charge is 0.276 e. The van der Waals surface area contributed by atoms with Crippen LogP contribution in [0, 0.1) is 0 Å². The Kier molecular flexibility index (Phi) is 6.63. The molecule has 5 N–H and O–H groups in total. The summed E-state index contributed by atoms with van der Waals surface area (Å²) in [5, 5.41) is 17.7. The van der Waals surface area contributed by atoms with Crippen molar-refractivity contribution in [2.45, 2.75) is 18.0 Å². The van der Waals surface area contributed by atoms with Gasteiger partial charge in [0.25, 0.3) is 11.8 Å². The number of carboxylic acids is 1. The average Bonchev–Trinajstić information content (AvgIpc) is 3.12. The summed E-state index contributed by atoms with van der Waals surface area (Å²) in [6, 6.07) is 2.44. The summed E-state index contributed by atoms with van der Waals surface area (Å²) in [5.41, 5.74) is 12.0. The molecule has 34 heavy (non-hydrogen) atoms. The minimum Gasteiger partial charge on any atom is -0.543 e. The van der Waals surface area contributed by atoms with Crippen molar-refractivity contribution >= 4 is 69.0 Å². The van der Waals surface area contributed by atoms with E-state index in [0.29, 0.717) is 17.0 Å². The molecule has 178 valence electrons. The minimum absolute atomic E-state index is 0.0141. The van der Waals surface area contributed by atoms with Gasteiger partial charge in [0.1, 0.15) is 28.6 Å². The molecule has 1 unspecified atom stereocenters. The van der Waals surface area contributed by atoms with Crippen LogP contribution in [0.15, 0.2) is 41.0 Å². The number of carbonyl (C=O) groups excluding carboxylic acids is 3. The predicted molar refractivity (Wildman–Crippen MR) is 123 cm³/mol. The Morgan fingerprint density at radius 2 is 2.24 bits per heavy atom. The Hall–Kier alpha value is -3.36. The molecule has 0 aromatic carbocycles. The summed E-state index contributed by atoms with van der Waals surface area (Å²) in [4.78, 5) is 47.6. The Bertz CT molecular complexity index is 1250. The fourth-order valence-corrected chi connectivity index (χ4v) is 5.87. The van der Waals surface area contributed by atoms with Gasteiger partial charge in [0.15, 0.2) is 29.8 Å². The lowest BCUT2D eigenvalue weighted by Crippen LogP contribution is -2.71. The van der Waals surface area contributed by atoms with Gasteiger partial charge in [0, 0.05) is 17.4 Å².